The highest BCUT2D eigenvalue weighted by Gasteiger charge is 2.61. The Hall–Kier alpha value is -3.23. The first-order chi connectivity index (χ1) is 18.9. The van der Waals surface area contributed by atoms with Crippen LogP contribution in [0.3, 0.4) is 0 Å². The lowest BCUT2D eigenvalue weighted by atomic mass is 9.86. The third-order valence-electron chi connectivity index (χ3n) is 8.19. The second-order valence-corrected chi connectivity index (χ2v) is 12.3. The maximum absolute atomic E-state index is 14.1. The van der Waals surface area contributed by atoms with Gasteiger partial charge in [-0.25, -0.2) is 0 Å². The number of hydrogen-bond donors (Lipinski definition) is 1. The normalized spacial score (nSPS) is 20.9. The van der Waals surface area contributed by atoms with Crippen LogP contribution in [-0.2, 0) is 19.7 Å². The van der Waals surface area contributed by atoms with Crippen LogP contribution < -0.4 is 5.32 Å². The standard InChI is InChI=1S/C32H43N3O5/c1-21(2)19-25(33-28(36)22-13-15-24(16-14-22)31(3,4)5)30(38)34-18-17-26-27(34)32(39-6,40-7)20-35(26)29(37)23-11-9-8-10-12-23/h8-16,21,25-27H,17-20H2,1-7H3,(H,33,36)/t25-,26?,27-/m0/s1. The van der Waals surface area contributed by atoms with Crippen molar-refractivity contribution < 1.29 is 23.9 Å². The summed E-state index contributed by atoms with van der Waals surface area (Å²) in [6.07, 6.45) is 1.08. The Morgan fingerprint density at radius 1 is 0.950 bits per heavy atom. The van der Waals surface area contributed by atoms with E-state index in [-0.39, 0.29) is 41.6 Å². The molecule has 2 aromatic carbocycles. The molecule has 2 saturated heterocycles. The van der Waals surface area contributed by atoms with Gasteiger partial charge in [-0.3, -0.25) is 14.4 Å². The molecule has 8 nitrogen and oxygen atoms in total. The van der Waals surface area contributed by atoms with Crippen LogP contribution in [0.2, 0.25) is 0 Å². The molecule has 2 aromatic rings. The van der Waals surface area contributed by atoms with Gasteiger partial charge < -0.3 is 24.6 Å². The van der Waals surface area contributed by atoms with E-state index in [0.717, 1.165) is 5.56 Å². The Bertz CT molecular complexity index is 1200. The van der Waals surface area contributed by atoms with Crippen molar-refractivity contribution in [3.05, 3.63) is 71.3 Å². The van der Waals surface area contributed by atoms with Gasteiger partial charge in [-0.2, -0.15) is 0 Å². The van der Waals surface area contributed by atoms with E-state index in [1.54, 1.807) is 36.2 Å². The molecule has 0 radical (unpaired) electrons. The molecular formula is C32H43N3O5. The van der Waals surface area contributed by atoms with Gasteiger partial charge in [-0.05, 0) is 54.0 Å². The molecule has 4 rings (SSSR count). The minimum atomic E-state index is -1.17. The van der Waals surface area contributed by atoms with Crippen molar-refractivity contribution in [1.82, 2.24) is 15.1 Å². The van der Waals surface area contributed by atoms with Crippen molar-refractivity contribution in [2.24, 2.45) is 5.92 Å². The SMILES string of the molecule is COC1(OC)CN(C(=O)c2ccccc2)C2CCN(C(=O)[C@H](CC(C)C)NC(=O)c3ccc(C(C)(C)C)cc3)[C@@H]21. The van der Waals surface area contributed by atoms with Crippen LogP contribution in [0.4, 0.5) is 0 Å². The molecular weight excluding hydrogens is 506 g/mol. The van der Waals surface area contributed by atoms with Crippen LogP contribution in [0.15, 0.2) is 54.6 Å². The van der Waals surface area contributed by atoms with Gasteiger partial charge in [-0.15, -0.1) is 0 Å². The average molecular weight is 550 g/mol. The largest absolute Gasteiger partial charge is 0.350 e. The lowest BCUT2D eigenvalue weighted by molar-refractivity contribution is -0.222. The molecule has 2 aliphatic rings. The van der Waals surface area contributed by atoms with Crippen LogP contribution in [-0.4, -0.2) is 78.7 Å². The first-order valence-corrected chi connectivity index (χ1v) is 14.1. The topological polar surface area (TPSA) is 88.2 Å². The van der Waals surface area contributed by atoms with Crippen molar-refractivity contribution >= 4 is 17.7 Å². The summed E-state index contributed by atoms with van der Waals surface area (Å²) in [6.45, 7) is 11.1. The van der Waals surface area contributed by atoms with Crippen molar-refractivity contribution in [3.8, 4) is 0 Å². The number of likely N-dealkylation sites (tertiary alicyclic amines) is 2. The minimum absolute atomic E-state index is 0.0241. The number of carbonyl (C=O) groups is 3. The number of carbonyl (C=O) groups excluding carboxylic acids is 3. The van der Waals surface area contributed by atoms with Crippen LogP contribution in [0.5, 0.6) is 0 Å². The molecule has 3 amide bonds. The van der Waals surface area contributed by atoms with Crippen LogP contribution >= 0.6 is 0 Å². The number of nitrogens with zero attached hydrogens (tertiary/aromatic N) is 2. The van der Waals surface area contributed by atoms with E-state index in [1.807, 2.05) is 56.3 Å². The molecule has 40 heavy (non-hydrogen) atoms. The van der Waals surface area contributed by atoms with E-state index in [4.69, 9.17) is 9.47 Å². The summed E-state index contributed by atoms with van der Waals surface area (Å²) < 4.78 is 11.8. The van der Waals surface area contributed by atoms with E-state index >= 15 is 0 Å². The van der Waals surface area contributed by atoms with Crippen molar-refractivity contribution in [1.29, 1.82) is 0 Å². The van der Waals surface area contributed by atoms with E-state index in [1.165, 1.54) is 0 Å². The summed E-state index contributed by atoms with van der Waals surface area (Å²) in [7, 11) is 3.10. The Kier molecular flexibility index (Phi) is 8.71. The van der Waals surface area contributed by atoms with Gasteiger partial charge in [0, 0.05) is 31.9 Å². The molecule has 0 aromatic heterocycles. The number of hydrogen-bond acceptors (Lipinski definition) is 5. The highest BCUT2D eigenvalue weighted by molar-refractivity contribution is 5.98. The number of amides is 3. The third kappa shape index (κ3) is 5.79. The molecule has 2 fully saturated rings. The number of rotatable bonds is 8. The summed E-state index contributed by atoms with van der Waals surface area (Å²) in [5.41, 5.74) is 2.20. The molecule has 8 heteroatoms. The summed E-state index contributed by atoms with van der Waals surface area (Å²) in [4.78, 5) is 44.5. The van der Waals surface area contributed by atoms with Gasteiger partial charge in [0.05, 0.1) is 12.6 Å². The molecule has 0 saturated carbocycles. The predicted octanol–water partition coefficient (Wildman–Crippen LogP) is 4.24. The number of benzene rings is 2. The lowest BCUT2D eigenvalue weighted by Crippen LogP contribution is -2.58. The number of methoxy groups -OCH3 is 2. The number of fused-ring (bicyclic) bond motifs is 1. The second-order valence-electron chi connectivity index (χ2n) is 12.3. The summed E-state index contributed by atoms with van der Waals surface area (Å²) in [5, 5.41) is 3.01. The number of nitrogens with one attached hydrogen (secondary N) is 1. The Balaban J connectivity index is 1.58. The van der Waals surface area contributed by atoms with E-state index < -0.39 is 17.9 Å². The minimum Gasteiger partial charge on any atom is -0.350 e. The van der Waals surface area contributed by atoms with Gasteiger partial charge in [0.1, 0.15) is 12.1 Å². The first kappa shape index (κ1) is 29.7. The van der Waals surface area contributed by atoms with Crippen LogP contribution in [0.1, 0.15) is 73.7 Å². The van der Waals surface area contributed by atoms with Crippen molar-refractivity contribution in [2.75, 3.05) is 27.3 Å². The predicted molar refractivity (Wildman–Crippen MR) is 154 cm³/mol. The van der Waals surface area contributed by atoms with E-state index in [2.05, 4.69) is 26.1 Å². The Morgan fingerprint density at radius 2 is 1.57 bits per heavy atom. The number of ether oxygens (including phenoxy) is 2. The van der Waals surface area contributed by atoms with E-state index in [9.17, 15) is 14.4 Å². The van der Waals surface area contributed by atoms with Crippen LogP contribution in [0, 0.1) is 5.92 Å². The molecule has 2 heterocycles. The Morgan fingerprint density at radius 3 is 2.12 bits per heavy atom. The summed E-state index contributed by atoms with van der Waals surface area (Å²) in [5.74, 6) is -1.59. The van der Waals surface area contributed by atoms with Gasteiger partial charge in [0.25, 0.3) is 11.8 Å². The fraction of sp³-hybridized carbons (Fsp3) is 0.531. The highest BCUT2D eigenvalue weighted by atomic mass is 16.7. The van der Waals surface area contributed by atoms with Crippen molar-refractivity contribution in [3.63, 3.8) is 0 Å². The Labute approximate surface area is 238 Å². The maximum atomic E-state index is 14.1. The fourth-order valence-corrected chi connectivity index (χ4v) is 6.01. The smallest absolute Gasteiger partial charge is 0.254 e. The summed E-state index contributed by atoms with van der Waals surface area (Å²) in [6, 6.07) is 15.2. The third-order valence-corrected chi connectivity index (χ3v) is 8.19. The van der Waals surface area contributed by atoms with Gasteiger partial charge >= 0.3 is 0 Å². The zero-order valence-corrected chi connectivity index (χ0v) is 24.8. The molecule has 216 valence electrons. The van der Waals surface area contributed by atoms with Gasteiger partial charge in [-0.1, -0.05) is 65.0 Å². The zero-order chi connectivity index (χ0) is 29.2. The van der Waals surface area contributed by atoms with Gasteiger partial charge in [0.2, 0.25) is 11.7 Å². The van der Waals surface area contributed by atoms with Gasteiger partial charge in [0.15, 0.2) is 0 Å². The molecule has 1 unspecified atom stereocenters. The molecule has 0 bridgehead atoms. The summed E-state index contributed by atoms with van der Waals surface area (Å²) >= 11 is 0. The first-order valence-electron chi connectivity index (χ1n) is 14.1. The molecule has 0 spiro atoms. The van der Waals surface area contributed by atoms with E-state index in [0.29, 0.717) is 30.5 Å². The average Bonchev–Trinajstić information content (AvgIpc) is 3.51. The highest BCUT2D eigenvalue weighted by Crippen LogP contribution is 2.41. The lowest BCUT2D eigenvalue weighted by Gasteiger charge is -2.38. The maximum Gasteiger partial charge on any atom is 0.254 e. The monoisotopic (exact) mass is 549 g/mol. The molecule has 0 aliphatic carbocycles. The fourth-order valence-electron chi connectivity index (χ4n) is 6.01. The van der Waals surface area contributed by atoms with Crippen molar-refractivity contribution in [2.45, 2.75) is 76.8 Å². The quantitative estimate of drug-likeness (QED) is 0.498. The molecule has 1 N–H and O–H groups in total. The van der Waals surface area contributed by atoms with Crippen LogP contribution in [0.25, 0.3) is 0 Å². The zero-order valence-electron chi connectivity index (χ0n) is 24.8. The molecule has 3 atom stereocenters. The molecule has 2 aliphatic heterocycles. The second kappa shape index (κ2) is 11.7.